The number of hydrogen-bond donors (Lipinski definition) is 3. The van der Waals surface area contributed by atoms with E-state index in [0.29, 0.717) is 6.42 Å². The molecule has 0 aromatic heterocycles. The van der Waals surface area contributed by atoms with E-state index in [9.17, 15) is 14.7 Å². The molecule has 0 unspecified atom stereocenters. The molecule has 9 nitrogen and oxygen atoms in total. The van der Waals surface area contributed by atoms with Crippen molar-refractivity contribution in [3.05, 3.63) is 0 Å². The molecule has 0 aromatic carbocycles. The number of aliphatic carboxylic acids is 1. The van der Waals surface area contributed by atoms with Crippen LogP contribution in [0.3, 0.4) is 0 Å². The third-order valence-electron chi connectivity index (χ3n) is 2.21. The highest BCUT2D eigenvalue weighted by atomic mass is 16.7. The van der Waals surface area contributed by atoms with Crippen LogP contribution in [-0.2, 0) is 14.4 Å². The zero-order valence-electron chi connectivity index (χ0n) is 11.7. The number of carbonyl (C=O) groups is 2. The van der Waals surface area contributed by atoms with E-state index >= 15 is 0 Å². The summed E-state index contributed by atoms with van der Waals surface area (Å²) in [6.07, 6.45) is -0.299. The number of nitrogens with two attached hydrogens (primary N) is 2. The Labute approximate surface area is 117 Å². The maximum atomic E-state index is 11.7. The first-order valence-electron chi connectivity index (χ1n) is 6.31. The molecule has 0 aromatic rings. The first kappa shape index (κ1) is 18.0. The SMILES string of the molecule is CCOC(=O)N(OCC)[C@@H](CCCN=C(N)N)C(=O)O. The molecule has 1 atom stereocenters. The summed E-state index contributed by atoms with van der Waals surface area (Å²) in [5.74, 6) is -1.25. The van der Waals surface area contributed by atoms with Gasteiger partial charge in [-0.05, 0) is 26.7 Å². The Morgan fingerprint density at radius 2 is 1.95 bits per heavy atom. The maximum Gasteiger partial charge on any atom is 0.434 e. The Morgan fingerprint density at radius 3 is 2.40 bits per heavy atom. The topological polar surface area (TPSA) is 140 Å². The molecule has 116 valence electrons. The third kappa shape index (κ3) is 6.78. The van der Waals surface area contributed by atoms with E-state index in [2.05, 4.69) is 4.99 Å². The summed E-state index contributed by atoms with van der Waals surface area (Å²) in [5.41, 5.74) is 10.3. The minimum atomic E-state index is -1.18. The van der Waals surface area contributed by atoms with Crippen molar-refractivity contribution in [3.63, 3.8) is 0 Å². The van der Waals surface area contributed by atoms with Gasteiger partial charge in [0.25, 0.3) is 0 Å². The van der Waals surface area contributed by atoms with E-state index in [0.717, 1.165) is 5.06 Å². The fraction of sp³-hybridized carbons (Fsp3) is 0.727. The summed E-state index contributed by atoms with van der Waals surface area (Å²) in [6.45, 7) is 3.81. The second kappa shape index (κ2) is 9.84. The number of rotatable bonds is 9. The minimum Gasteiger partial charge on any atom is -0.480 e. The third-order valence-corrected chi connectivity index (χ3v) is 2.21. The molecule has 0 rings (SSSR count). The maximum absolute atomic E-state index is 11.7. The van der Waals surface area contributed by atoms with E-state index in [-0.39, 0.29) is 32.1 Å². The van der Waals surface area contributed by atoms with Crippen molar-refractivity contribution in [2.45, 2.75) is 32.7 Å². The van der Waals surface area contributed by atoms with E-state index in [1.807, 2.05) is 0 Å². The van der Waals surface area contributed by atoms with Crippen LogP contribution >= 0.6 is 0 Å². The number of hydrogen-bond acceptors (Lipinski definition) is 5. The van der Waals surface area contributed by atoms with Gasteiger partial charge in [-0.2, -0.15) is 5.06 Å². The number of hydroxylamine groups is 2. The molecule has 0 radical (unpaired) electrons. The van der Waals surface area contributed by atoms with Gasteiger partial charge in [0.15, 0.2) is 12.0 Å². The number of ether oxygens (including phenoxy) is 1. The molecule has 0 saturated heterocycles. The average molecular weight is 290 g/mol. The predicted molar refractivity (Wildman–Crippen MR) is 71.8 cm³/mol. The lowest BCUT2D eigenvalue weighted by molar-refractivity contribution is -0.181. The predicted octanol–water partition coefficient (Wildman–Crippen LogP) is -0.0968. The van der Waals surface area contributed by atoms with Crippen molar-refractivity contribution in [1.29, 1.82) is 0 Å². The summed E-state index contributed by atoms with van der Waals surface area (Å²) >= 11 is 0. The summed E-state index contributed by atoms with van der Waals surface area (Å²) in [6, 6.07) is -1.15. The van der Waals surface area contributed by atoms with Crippen LogP contribution in [0.1, 0.15) is 26.7 Å². The van der Waals surface area contributed by atoms with Crippen molar-refractivity contribution in [2.24, 2.45) is 16.5 Å². The van der Waals surface area contributed by atoms with Crippen molar-refractivity contribution in [1.82, 2.24) is 5.06 Å². The van der Waals surface area contributed by atoms with Gasteiger partial charge in [0.05, 0.1) is 13.2 Å². The molecule has 0 aliphatic heterocycles. The Hall–Kier alpha value is -2.03. The van der Waals surface area contributed by atoms with E-state index in [1.54, 1.807) is 13.8 Å². The van der Waals surface area contributed by atoms with Crippen LogP contribution in [0, 0.1) is 0 Å². The fourth-order valence-corrected chi connectivity index (χ4v) is 1.43. The number of carboxylic acid groups (broad SMARTS) is 1. The van der Waals surface area contributed by atoms with Crippen LogP contribution in [-0.4, -0.2) is 54.0 Å². The zero-order valence-corrected chi connectivity index (χ0v) is 11.7. The molecule has 0 spiro atoms. The summed E-state index contributed by atoms with van der Waals surface area (Å²) in [4.78, 5) is 31.7. The molecule has 9 heteroatoms. The van der Waals surface area contributed by atoms with E-state index in [1.165, 1.54) is 0 Å². The molecular weight excluding hydrogens is 268 g/mol. The number of nitrogens with zero attached hydrogens (tertiary/aromatic N) is 2. The highest BCUT2D eigenvalue weighted by Crippen LogP contribution is 2.11. The van der Waals surface area contributed by atoms with Gasteiger partial charge in [-0.25, -0.2) is 9.59 Å². The number of aliphatic imine (C=N–C) groups is 1. The van der Waals surface area contributed by atoms with E-state index < -0.39 is 18.1 Å². The highest BCUT2D eigenvalue weighted by Gasteiger charge is 2.31. The van der Waals surface area contributed by atoms with Gasteiger partial charge < -0.3 is 21.3 Å². The lowest BCUT2D eigenvalue weighted by Crippen LogP contribution is -2.45. The van der Waals surface area contributed by atoms with Crippen LogP contribution in [0.4, 0.5) is 4.79 Å². The molecule has 20 heavy (non-hydrogen) atoms. The summed E-state index contributed by atoms with van der Waals surface area (Å²) < 4.78 is 4.76. The monoisotopic (exact) mass is 290 g/mol. The second-order valence-corrected chi connectivity index (χ2v) is 3.75. The molecule has 0 saturated carbocycles. The van der Waals surface area contributed by atoms with Crippen LogP contribution in [0.15, 0.2) is 4.99 Å². The molecule has 0 fully saturated rings. The number of carboxylic acids is 1. The first-order chi connectivity index (χ1) is 9.43. The molecule has 0 heterocycles. The summed E-state index contributed by atoms with van der Waals surface area (Å²) in [5, 5.41) is 9.92. The highest BCUT2D eigenvalue weighted by molar-refractivity contribution is 5.79. The molecular formula is C11H22N4O5. The van der Waals surface area contributed by atoms with Crippen molar-refractivity contribution < 1.29 is 24.3 Å². The quantitative estimate of drug-likeness (QED) is 0.233. The lowest BCUT2D eigenvalue weighted by atomic mass is 10.1. The van der Waals surface area contributed by atoms with E-state index in [4.69, 9.17) is 21.0 Å². The molecule has 0 aliphatic rings. The number of carbonyl (C=O) groups excluding carboxylic acids is 1. The van der Waals surface area contributed by atoms with Gasteiger partial charge in [0.2, 0.25) is 0 Å². The minimum absolute atomic E-state index is 0.0658. The smallest absolute Gasteiger partial charge is 0.434 e. The van der Waals surface area contributed by atoms with Gasteiger partial charge in [-0.1, -0.05) is 0 Å². The van der Waals surface area contributed by atoms with Gasteiger partial charge in [0, 0.05) is 6.54 Å². The Bertz CT molecular complexity index is 344. The standard InChI is InChI=1S/C11H22N4O5/c1-3-19-11(18)15(20-4-2)8(9(16)17)6-5-7-14-10(12)13/h8H,3-7H2,1-2H3,(H,16,17)(H4,12,13,14)/t8-/m0/s1. The Kier molecular flexibility index (Phi) is 8.84. The molecule has 0 aliphatic carbocycles. The Balaban J connectivity index is 4.68. The van der Waals surface area contributed by atoms with Crippen LogP contribution in [0.2, 0.25) is 0 Å². The van der Waals surface area contributed by atoms with Gasteiger partial charge in [-0.3, -0.25) is 9.83 Å². The fourth-order valence-electron chi connectivity index (χ4n) is 1.43. The molecule has 5 N–H and O–H groups in total. The van der Waals surface area contributed by atoms with Crippen molar-refractivity contribution in [3.8, 4) is 0 Å². The second-order valence-electron chi connectivity index (χ2n) is 3.75. The largest absolute Gasteiger partial charge is 0.480 e. The van der Waals surface area contributed by atoms with Gasteiger partial charge >= 0.3 is 12.1 Å². The van der Waals surface area contributed by atoms with Crippen molar-refractivity contribution in [2.75, 3.05) is 19.8 Å². The lowest BCUT2D eigenvalue weighted by Gasteiger charge is -2.26. The van der Waals surface area contributed by atoms with Crippen molar-refractivity contribution >= 4 is 18.0 Å². The van der Waals surface area contributed by atoms with Crippen LogP contribution < -0.4 is 11.5 Å². The van der Waals surface area contributed by atoms with Gasteiger partial charge in [0.1, 0.15) is 0 Å². The molecule has 1 amide bonds. The number of guanidine groups is 1. The van der Waals surface area contributed by atoms with Gasteiger partial charge in [-0.15, -0.1) is 0 Å². The summed E-state index contributed by atoms with van der Waals surface area (Å²) in [7, 11) is 0. The average Bonchev–Trinajstić information content (AvgIpc) is 2.36. The van der Waals surface area contributed by atoms with Crippen LogP contribution in [0.25, 0.3) is 0 Å². The normalized spacial score (nSPS) is 11.5. The van der Waals surface area contributed by atoms with Crippen LogP contribution in [0.5, 0.6) is 0 Å². The zero-order chi connectivity index (χ0) is 15.5. The first-order valence-corrected chi connectivity index (χ1v) is 6.31. The number of amides is 1. The Morgan fingerprint density at radius 1 is 1.30 bits per heavy atom. The molecule has 0 bridgehead atoms.